The highest BCUT2D eigenvalue weighted by atomic mass is 35.5. The SMILES string of the molecule is CCOC(=O)C1CCCN(C(=O)c2cnc3ccc(C#N)cc3c2NCc2ccc(OC)c(Cl)c2)C1. The van der Waals surface area contributed by atoms with Gasteiger partial charge in [0.25, 0.3) is 5.91 Å². The summed E-state index contributed by atoms with van der Waals surface area (Å²) >= 11 is 6.29. The van der Waals surface area contributed by atoms with Crippen LogP contribution in [-0.2, 0) is 16.1 Å². The average molecular weight is 507 g/mol. The Kier molecular flexibility index (Phi) is 7.91. The van der Waals surface area contributed by atoms with Crippen LogP contribution in [0.15, 0.2) is 42.6 Å². The van der Waals surface area contributed by atoms with E-state index in [-0.39, 0.29) is 17.8 Å². The summed E-state index contributed by atoms with van der Waals surface area (Å²) in [5.74, 6) is -0.277. The number of carbonyl (C=O) groups is 2. The summed E-state index contributed by atoms with van der Waals surface area (Å²) in [6.45, 7) is 3.29. The first-order valence-electron chi connectivity index (χ1n) is 11.8. The van der Waals surface area contributed by atoms with E-state index < -0.39 is 0 Å². The van der Waals surface area contributed by atoms with Gasteiger partial charge in [-0.05, 0) is 55.7 Å². The van der Waals surface area contributed by atoms with Crippen molar-refractivity contribution in [1.29, 1.82) is 5.26 Å². The van der Waals surface area contributed by atoms with Gasteiger partial charge in [0.2, 0.25) is 0 Å². The van der Waals surface area contributed by atoms with Crippen LogP contribution in [0.3, 0.4) is 0 Å². The number of halogens is 1. The lowest BCUT2D eigenvalue weighted by Crippen LogP contribution is -2.43. The number of hydrogen-bond acceptors (Lipinski definition) is 7. The van der Waals surface area contributed by atoms with Crippen LogP contribution in [0.2, 0.25) is 5.02 Å². The first-order chi connectivity index (χ1) is 17.4. The number of amides is 1. The van der Waals surface area contributed by atoms with Gasteiger partial charge in [-0.3, -0.25) is 14.6 Å². The lowest BCUT2D eigenvalue weighted by molar-refractivity contribution is -0.149. The number of nitrogens with zero attached hydrogens (tertiary/aromatic N) is 3. The third kappa shape index (κ3) is 5.37. The quantitative estimate of drug-likeness (QED) is 0.459. The number of anilines is 1. The molecule has 3 aromatic rings. The summed E-state index contributed by atoms with van der Waals surface area (Å²) in [4.78, 5) is 32.2. The highest BCUT2D eigenvalue weighted by molar-refractivity contribution is 6.32. The van der Waals surface area contributed by atoms with Crippen LogP contribution in [0.25, 0.3) is 10.9 Å². The van der Waals surface area contributed by atoms with Gasteiger partial charge in [0.05, 0.1) is 53.1 Å². The molecule has 0 radical (unpaired) electrons. The molecular weight excluding hydrogens is 480 g/mol. The Hall–Kier alpha value is -3.83. The minimum absolute atomic E-state index is 0.226. The van der Waals surface area contributed by atoms with E-state index >= 15 is 0 Å². The molecule has 0 aliphatic carbocycles. The zero-order valence-electron chi connectivity index (χ0n) is 20.2. The van der Waals surface area contributed by atoms with Crippen molar-refractivity contribution >= 4 is 40.1 Å². The molecule has 8 nitrogen and oxygen atoms in total. The van der Waals surface area contributed by atoms with Crippen LogP contribution in [0.4, 0.5) is 5.69 Å². The summed E-state index contributed by atoms with van der Waals surface area (Å²) in [6, 6.07) is 12.8. The molecule has 1 aromatic heterocycles. The Labute approximate surface area is 214 Å². The molecule has 0 spiro atoms. The summed E-state index contributed by atoms with van der Waals surface area (Å²) < 4.78 is 10.4. The average Bonchev–Trinajstić information content (AvgIpc) is 2.91. The summed E-state index contributed by atoms with van der Waals surface area (Å²) in [6.07, 6.45) is 2.95. The van der Waals surface area contributed by atoms with E-state index in [0.29, 0.717) is 77.6 Å². The number of esters is 1. The second kappa shape index (κ2) is 11.3. The molecule has 2 heterocycles. The number of carbonyl (C=O) groups excluding carboxylic acids is 2. The minimum Gasteiger partial charge on any atom is -0.495 e. The smallest absolute Gasteiger partial charge is 0.310 e. The topological polar surface area (TPSA) is 105 Å². The number of nitrogens with one attached hydrogen (secondary N) is 1. The highest BCUT2D eigenvalue weighted by Crippen LogP contribution is 2.31. The van der Waals surface area contributed by atoms with Crippen LogP contribution in [0.5, 0.6) is 5.75 Å². The molecular formula is C27H27ClN4O4. The van der Waals surface area contributed by atoms with E-state index in [1.54, 1.807) is 55.5 Å². The van der Waals surface area contributed by atoms with Crippen molar-refractivity contribution in [3.8, 4) is 11.8 Å². The number of piperidine rings is 1. The molecule has 1 atom stereocenters. The lowest BCUT2D eigenvalue weighted by atomic mass is 9.97. The summed E-state index contributed by atoms with van der Waals surface area (Å²) in [7, 11) is 1.56. The molecule has 1 fully saturated rings. The molecule has 1 amide bonds. The third-order valence-electron chi connectivity index (χ3n) is 6.24. The molecule has 4 rings (SSSR count). The number of fused-ring (bicyclic) bond motifs is 1. The molecule has 1 saturated heterocycles. The Morgan fingerprint density at radius 2 is 2.11 bits per heavy atom. The fourth-order valence-electron chi connectivity index (χ4n) is 4.41. The standard InChI is InChI=1S/C27H27ClN4O4/c1-3-36-27(34)19-5-4-10-32(16-19)26(33)21-15-30-23-8-6-17(13-29)11-20(23)25(21)31-14-18-7-9-24(35-2)22(28)12-18/h6-9,11-12,15,19H,3-5,10,14,16H2,1-2H3,(H,30,31). The van der Waals surface area contributed by atoms with E-state index in [1.165, 1.54) is 0 Å². The van der Waals surface area contributed by atoms with E-state index in [4.69, 9.17) is 21.1 Å². The van der Waals surface area contributed by atoms with Gasteiger partial charge in [-0.2, -0.15) is 5.26 Å². The van der Waals surface area contributed by atoms with Crippen molar-refractivity contribution in [1.82, 2.24) is 9.88 Å². The highest BCUT2D eigenvalue weighted by Gasteiger charge is 2.31. The number of methoxy groups -OCH3 is 1. The summed E-state index contributed by atoms with van der Waals surface area (Å²) in [5.41, 5.74) is 2.96. The van der Waals surface area contributed by atoms with Crippen molar-refractivity contribution in [2.24, 2.45) is 5.92 Å². The van der Waals surface area contributed by atoms with E-state index in [9.17, 15) is 14.9 Å². The largest absolute Gasteiger partial charge is 0.495 e. The molecule has 0 saturated carbocycles. The van der Waals surface area contributed by atoms with Crippen LogP contribution >= 0.6 is 11.6 Å². The lowest BCUT2D eigenvalue weighted by Gasteiger charge is -2.32. The number of hydrogen-bond donors (Lipinski definition) is 1. The molecule has 186 valence electrons. The molecule has 0 bridgehead atoms. The van der Waals surface area contributed by atoms with Gasteiger partial charge < -0.3 is 19.7 Å². The minimum atomic E-state index is -0.348. The fourth-order valence-corrected chi connectivity index (χ4v) is 4.69. The number of rotatable bonds is 7. The number of pyridine rings is 1. The van der Waals surface area contributed by atoms with Crippen molar-refractivity contribution < 1.29 is 19.1 Å². The maximum Gasteiger partial charge on any atom is 0.310 e. The number of aromatic nitrogens is 1. The van der Waals surface area contributed by atoms with Crippen molar-refractivity contribution in [3.63, 3.8) is 0 Å². The number of likely N-dealkylation sites (tertiary alicyclic amines) is 1. The van der Waals surface area contributed by atoms with Crippen molar-refractivity contribution in [3.05, 3.63) is 64.3 Å². The zero-order chi connectivity index (χ0) is 25.7. The Bertz CT molecular complexity index is 1340. The van der Waals surface area contributed by atoms with Crippen LogP contribution < -0.4 is 10.1 Å². The molecule has 1 unspecified atom stereocenters. The molecule has 9 heteroatoms. The van der Waals surface area contributed by atoms with Crippen LogP contribution in [-0.4, -0.2) is 48.6 Å². The van der Waals surface area contributed by atoms with Crippen molar-refractivity contribution in [2.45, 2.75) is 26.3 Å². The number of nitriles is 1. The molecule has 1 aliphatic heterocycles. The maximum absolute atomic E-state index is 13.7. The predicted octanol–water partition coefficient (Wildman–Crippen LogP) is 4.80. The van der Waals surface area contributed by atoms with Crippen LogP contribution in [0, 0.1) is 17.2 Å². The normalized spacial score (nSPS) is 15.3. The zero-order valence-corrected chi connectivity index (χ0v) is 21.0. The second-order valence-corrected chi connectivity index (χ2v) is 8.96. The molecule has 1 aliphatic rings. The Morgan fingerprint density at radius 3 is 2.83 bits per heavy atom. The Balaban J connectivity index is 1.68. The van der Waals surface area contributed by atoms with Gasteiger partial charge in [0.15, 0.2) is 0 Å². The predicted molar refractivity (Wildman–Crippen MR) is 137 cm³/mol. The number of ether oxygens (including phenoxy) is 2. The fraction of sp³-hybridized carbons (Fsp3) is 0.333. The number of benzene rings is 2. The van der Waals surface area contributed by atoms with E-state index in [1.807, 2.05) is 6.07 Å². The van der Waals surface area contributed by atoms with Gasteiger partial charge in [-0.1, -0.05) is 17.7 Å². The van der Waals surface area contributed by atoms with Crippen molar-refractivity contribution in [2.75, 3.05) is 32.1 Å². The van der Waals surface area contributed by atoms with Gasteiger partial charge in [0, 0.05) is 31.2 Å². The van der Waals surface area contributed by atoms with Gasteiger partial charge in [-0.15, -0.1) is 0 Å². The molecule has 2 aromatic carbocycles. The maximum atomic E-state index is 13.7. The van der Waals surface area contributed by atoms with Gasteiger partial charge >= 0.3 is 5.97 Å². The van der Waals surface area contributed by atoms with E-state index in [0.717, 1.165) is 5.56 Å². The first kappa shape index (κ1) is 25.3. The van der Waals surface area contributed by atoms with Gasteiger partial charge in [0.1, 0.15) is 5.75 Å². The molecule has 1 N–H and O–H groups in total. The monoisotopic (exact) mass is 506 g/mol. The second-order valence-electron chi connectivity index (χ2n) is 8.56. The van der Waals surface area contributed by atoms with E-state index in [2.05, 4.69) is 16.4 Å². The molecule has 36 heavy (non-hydrogen) atoms. The Morgan fingerprint density at radius 1 is 1.28 bits per heavy atom. The van der Waals surface area contributed by atoms with Crippen LogP contribution in [0.1, 0.15) is 41.3 Å². The van der Waals surface area contributed by atoms with Gasteiger partial charge in [-0.25, -0.2) is 0 Å². The first-order valence-corrected chi connectivity index (χ1v) is 12.2. The summed E-state index contributed by atoms with van der Waals surface area (Å²) in [5, 5.41) is 14.0. The third-order valence-corrected chi connectivity index (χ3v) is 6.54.